The summed E-state index contributed by atoms with van der Waals surface area (Å²) in [6, 6.07) is 14.5. The molecule has 1 aromatic heterocycles. The van der Waals surface area contributed by atoms with Gasteiger partial charge in [0.2, 0.25) is 5.91 Å². The van der Waals surface area contributed by atoms with E-state index in [2.05, 4.69) is 22.9 Å². The van der Waals surface area contributed by atoms with Gasteiger partial charge in [0.1, 0.15) is 0 Å². The number of unbranched alkanes of at least 4 members (excludes halogenated alkanes) is 2. The van der Waals surface area contributed by atoms with Crippen molar-refractivity contribution in [1.82, 2.24) is 20.6 Å². The van der Waals surface area contributed by atoms with Crippen LogP contribution in [0.15, 0.2) is 53.3 Å². The second-order valence-electron chi connectivity index (χ2n) is 7.29. The number of aromatic nitrogens is 2. The van der Waals surface area contributed by atoms with Crippen molar-refractivity contribution in [2.24, 2.45) is 0 Å². The Balaban J connectivity index is 1.76. The second-order valence-corrected chi connectivity index (χ2v) is 7.29. The summed E-state index contributed by atoms with van der Waals surface area (Å²) in [5, 5.41) is 5.17. The summed E-state index contributed by atoms with van der Waals surface area (Å²) >= 11 is 0. The minimum atomic E-state index is -0.562. The van der Waals surface area contributed by atoms with Gasteiger partial charge < -0.3 is 0 Å². The largest absolute Gasteiger partial charge is 0.290 e. The molecule has 156 valence electrons. The quantitative estimate of drug-likeness (QED) is 0.466. The van der Waals surface area contributed by atoms with E-state index in [9.17, 15) is 14.4 Å². The van der Waals surface area contributed by atoms with Crippen molar-refractivity contribution in [1.29, 1.82) is 0 Å². The van der Waals surface area contributed by atoms with Gasteiger partial charge in [0.05, 0.1) is 11.8 Å². The van der Waals surface area contributed by atoms with Gasteiger partial charge in [-0.15, -0.1) is 0 Å². The Kier molecular flexibility index (Phi) is 6.95. The highest BCUT2D eigenvalue weighted by Crippen LogP contribution is 2.13. The summed E-state index contributed by atoms with van der Waals surface area (Å²) in [5.41, 5.74) is 6.70. The number of aryl methyl sites for hydroxylation is 2. The fraction of sp³-hybridized carbons (Fsp3) is 0.304. The molecular formula is C23H26N4O3. The molecule has 0 radical (unpaired) electrons. The topological polar surface area (TPSA) is 93.1 Å². The standard InChI is InChI=1S/C23H26N4O3/c1-3-4-7-14-27-23(30)19-9-6-5-8-18(19)21(26-27)22(29)25-24-20(28)15-17-12-10-16(2)11-13-17/h5-6,8-13H,3-4,7,14-15H2,1-2H3,(H,24,28)(H,25,29). The van der Waals surface area contributed by atoms with Crippen LogP contribution < -0.4 is 16.4 Å². The van der Waals surface area contributed by atoms with Gasteiger partial charge in [-0.1, -0.05) is 67.8 Å². The van der Waals surface area contributed by atoms with Crippen molar-refractivity contribution in [3.05, 3.63) is 75.7 Å². The van der Waals surface area contributed by atoms with Crippen molar-refractivity contribution in [2.45, 2.75) is 46.1 Å². The van der Waals surface area contributed by atoms with E-state index in [4.69, 9.17) is 0 Å². The Morgan fingerprint density at radius 2 is 1.67 bits per heavy atom. The minimum absolute atomic E-state index is 0.109. The number of nitrogens with zero attached hydrogens (tertiary/aromatic N) is 2. The van der Waals surface area contributed by atoms with Crippen molar-refractivity contribution in [3.63, 3.8) is 0 Å². The Bertz CT molecular complexity index is 1100. The predicted molar refractivity (Wildman–Crippen MR) is 116 cm³/mol. The first kappa shape index (κ1) is 21.2. The molecular weight excluding hydrogens is 380 g/mol. The summed E-state index contributed by atoms with van der Waals surface area (Å²) < 4.78 is 1.33. The number of fused-ring (bicyclic) bond motifs is 1. The molecule has 0 saturated heterocycles. The third kappa shape index (κ3) is 5.11. The number of nitrogens with one attached hydrogen (secondary N) is 2. The summed E-state index contributed by atoms with van der Waals surface area (Å²) in [6.07, 6.45) is 2.93. The Morgan fingerprint density at radius 3 is 2.37 bits per heavy atom. The maximum absolute atomic E-state index is 12.7. The summed E-state index contributed by atoms with van der Waals surface area (Å²) in [4.78, 5) is 37.6. The summed E-state index contributed by atoms with van der Waals surface area (Å²) in [6.45, 7) is 4.50. The fourth-order valence-corrected chi connectivity index (χ4v) is 3.19. The molecule has 7 heteroatoms. The molecule has 0 fully saturated rings. The number of hydrazine groups is 1. The number of hydrogen-bond acceptors (Lipinski definition) is 4. The minimum Gasteiger partial charge on any atom is -0.273 e. The monoisotopic (exact) mass is 406 g/mol. The molecule has 3 rings (SSSR count). The molecule has 0 atom stereocenters. The van der Waals surface area contributed by atoms with Crippen molar-refractivity contribution >= 4 is 22.6 Å². The molecule has 0 aliphatic rings. The Morgan fingerprint density at radius 1 is 0.967 bits per heavy atom. The molecule has 0 unspecified atom stereocenters. The van der Waals surface area contributed by atoms with Crippen molar-refractivity contribution < 1.29 is 9.59 Å². The Hall–Kier alpha value is -3.48. The van der Waals surface area contributed by atoms with Gasteiger partial charge in [0.15, 0.2) is 5.69 Å². The van der Waals surface area contributed by atoms with E-state index in [-0.39, 0.29) is 23.6 Å². The number of amides is 2. The Labute approximate surface area is 175 Å². The number of carbonyl (C=O) groups excluding carboxylic acids is 2. The predicted octanol–water partition coefficient (Wildman–Crippen LogP) is 2.90. The van der Waals surface area contributed by atoms with E-state index in [0.29, 0.717) is 17.3 Å². The smallest absolute Gasteiger partial charge is 0.273 e. The average molecular weight is 406 g/mol. The molecule has 0 aliphatic heterocycles. The zero-order valence-electron chi connectivity index (χ0n) is 17.3. The third-order valence-electron chi connectivity index (χ3n) is 4.86. The highest BCUT2D eigenvalue weighted by atomic mass is 16.2. The van der Waals surface area contributed by atoms with Crippen LogP contribution in [0.5, 0.6) is 0 Å². The van der Waals surface area contributed by atoms with Crippen LogP contribution in [-0.4, -0.2) is 21.6 Å². The van der Waals surface area contributed by atoms with Gasteiger partial charge in [-0.05, 0) is 25.0 Å². The lowest BCUT2D eigenvalue weighted by molar-refractivity contribution is -0.121. The first-order chi connectivity index (χ1) is 14.5. The maximum atomic E-state index is 12.7. The van der Waals surface area contributed by atoms with Gasteiger partial charge in [-0.2, -0.15) is 5.10 Å². The molecule has 2 amide bonds. The van der Waals surface area contributed by atoms with E-state index in [1.807, 2.05) is 31.2 Å². The first-order valence-electron chi connectivity index (χ1n) is 10.1. The molecule has 2 N–H and O–H groups in total. The number of benzene rings is 2. The number of rotatable bonds is 7. The van der Waals surface area contributed by atoms with Crippen molar-refractivity contribution in [3.8, 4) is 0 Å². The zero-order chi connectivity index (χ0) is 21.5. The van der Waals surface area contributed by atoms with Gasteiger partial charge in [0.25, 0.3) is 11.5 Å². The van der Waals surface area contributed by atoms with Crippen LogP contribution in [0.25, 0.3) is 10.8 Å². The SMILES string of the molecule is CCCCCn1nc(C(=O)NNC(=O)Cc2ccc(C)cc2)c2ccccc2c1=O. The summed E-state index contributed by atoms with van der Waals surface area (Å²) in [5.74, 6) is -0.902. The lowest BCUT2D eigenvalue weighted by Gasteiger charge is -2.12. The van der Waals surface area contributed by atoms with E-state index < -0.39 is 5.91 Å². The zero-order valence-corrected chi connectivity index (χ0v) is 17.3. The highest BCUT2D eigenvalue weighted by Gasteiger charge is 2.17. The molecule has 0 bridgehead atoms. The molecule has 30 heavy (non-hydrogen) atoms. The maximum Gasteiger partial charge on any atom is 0.290 e. The number of carbonyl (C=O) groups is 2. The van der Waals surface area contributed by atoms with Crippen molar-refractivity contribution in [2.75, 3.05) is 0 Å². The van der Waals surface area contributed by atoms with E-state index in [1.165, 1.54) is 4.68 Å². The van der Waals surface area contributed by atoms with Crippen LogP contribution in [0.1, 0.15) is 47.8 Å². The molecule has 0 saturated carbocycles. The fourth-order valence-electron chi connectivity index (χ4n) is 3.19. The molecule has 0 aliphatic carbocycles. The normalized spacial score (nSPS) is 10.7. The highest BCUT2D eigenvalue weighted by molar-refractivity contribution is 6.05. The molecule has 1 heterocycles. The average Bonchev–Trinajstić information content (AvgIpc) is 2.75. The van der Waals surface area contributed by atoms with E-state index in [1.54, 1.807) is 24.3 Å². The van der Waals surface area contributed by atoms with Crippen LogP contribution >= 0.6 is 0 Å². The third-order valence-corrected chi connectivity index (χ3v) is 4.86. The summed E-state index contributed by atoms with van der Waals surface area (Å²) in [7, 11) is 0. The van der Waals surface area contributed by atoms with Gasteiger partial charge >= 0.3 is 0 Å². The molecule has 0 spiro atoms. The lowest BCUT2D eigenvalue weighted by atomic mass is 10.1. The molecule has 3 aromatic rings. The molecule has 2 aromatic carbocycles. The van der Waals surface area contributed by atoms with E-state index in [0.717, 1.165) is 30.4 Å². The van der Waals surface area contributed by atoms with Crippen LogP contribution in [0.4, 0.5) is 0 Å². The van der Waals surface area contributed by atoms with Crippen LogP contribution in [0.2, 0.25) is 0 Å². The van der Waals surface area contributed by atoms with Crippen LogP contribution in [0, 0.1) is 6.92 Å². The second kappa shape index (κ2) is 9.82. The van der Waals surface area contributed by atoms with E-state index >= 15 is 0 Å². The first-order valence-corrected chi connectivity index (χ1v) is 10.1. The number of hydrogen-bond donors (Lipinski definition) is 2. The lowest BCUT2D eigenvalue weighted by Crippen LogP contribution is -2.43. The van der Waals surface area contributed by atoms with Crippen LogP contribution in [-0.2, 0) is 17.8 Å². The van der Waals surface area contributed by atoms with Gasteiger partial charge in [-0.25, -0.2) is 4.68 Å². The van der Waals surface area contributed by atoms with Crippen LogP contribution in [0.3, 0.4) is 0 Å². The van der Waals surface area contributed by atoms with Gasteiger partial charge in [0, 0.05) is 11.9 Å². The molecule has 7 nitrogen and oxygen atoms in total. The van der Waals surface area contributed by atoms with Gasteiger partial charge in [-0.3, -0.25) is 25.2 Å².